The second-order valence-electron chi connectivity index (χ2n) is 5.86. The number of hydrogen-bond acceptors (Lipinski definition) is 4. The monoisotopic (exact) mass is 334 g/mol. The molecule has 2 heterocycles. The summed E-state index contributed by atoms with van der Waals surface area (Å²) in [6.07, 6.45) is 4.85. The Morgan fingerprint density at radius 3 is 2.83 bits per heavy atom. The number of aromatic nitrogens is 2. The maximum atomic E-state index is 12.4. The van der Waals surface area contributed by atoms with Crippen LogP contribution < -0.4 is 9.62 Å². The van der Waals surface area contributed by atoms with E-state index in [0.717, 1.165) is 30.8 Å². The Morgan fingerprint density at radius 1 is 1.35 bits per heavy atom. The quantitative estimate of drug-likeness (QED) is 0.907. The van der Waals surface area contributed by atoms with Crippen LogP contribution in [0.2, 0.25) is 0 Å². The van der Waals surface area contributed by atoms with Crippen molar-refractivity contribution in [2.75, 3.05) is 24.5 Å². The topological polar surface area (TPSA) is 67.2 Å². The van der Waals surface area contributed by atoms with Crippen LogP contribution in [0.15, 0.2) is 41.6 Å². The average Bonchev–Trinajstić information content (AvgIpc) is 3.16. The Morgan fingerprint density at radius 2 is 2.13 bits per heavy atom. The second-order valence-corrected chi connectivity index (χ2v) is 7.59. The number of anilines is 1. The largest absolute Gasteiger partial charge is 0.368 e. The minimum absolute atomic E-state index is 0.276. The van der Waals surface area contributed by atoms with Crippen molar-refractivity contribution >= 4 is 15.7 Å². The third-order valence-electron chi connectivity index (χ3n) is 4.10. The van der Waals surface area contributed by atoms with Crippen molar-refractivity contribution in [2.24, 2.45) is 0 Å². The van der Waals surface area contributed by atoms with Gasteiger partial charge in [-0.2, -0.15) is 5.10 Å². The first-order chi connectivity index (χ1) is 11.0. The zero-order chi connectivity index (χ0) is 16.4. The predicted molar refractivity (Wildman–Crippen MR) is 90.1 cm³/mol. The number of para-hydroxylation sites is 1. The maximum absolute atomic E-state index is 12.4. The van der Waals surface area contributed by atoms with Gasteiger partial charge >= 0.3 is 0 Å². The molecule has 1 aromatic heterocycles. The summed E-state index contributed by atoms with van der Waals surface area (Å²) in [6, 6.07) is 7.46. The summed E-state index contributed by atoms with van der Waals surface area (Å²) in [5.41, 5.74) is 1.90. The summed E-state index contributed by atoms with van der Waals surface area (Å²) in [4.78, 5) is 2.48. The molecule has 23 heavy (non-hydrogen) atoms. The molecule has 1 aliphatic rings. The summed E-state index contributed by atoms with van der Waals surface area (Å²) in [5, 5.41) is 4.39. The first-order valence-corrected chi connectivity index (χ1v) is 9.34. The molecule has 124 valence electrons. The van der Waals surface area contributed by atoms with E-state index >= 15 is 0 Å². The van der Waals surface area contributed by atoms with E-state index in [-0.39, 0.29) is 6.04 Å². The van der Waals surface area contributed by atoms with Crippen LogP contribution in [0.25, 0.3) is 0 Å². The molecule has 2 aromatic rings. The standard InChI is InChI=1S/C16H22N4O2S/c1-3-18-23(21,22)16-7-5-4-6-15(16)19-9-8-14(12-19)20-11-13(2)10-17-20/h4-7,10-11,14,18H,3,8-9,12H2,1-2H3. The Kier molecular flexibility index (Phi) is 4.41. The van der Waals surface area contributed by atoms with Crippen LogP contribution in [-0.4, -0.2) is 37.8 Å². The minimum Gasteiger partial charge on any atom is -0.368 e. The molecule has 0 saturated carbocycles. The molecule has 0 bridgehead atoms. The fraction of sp³-hybridized carbons (Fsp3) is 0.438. The molecule has 6 nitrogen and oxygen atoms in total. The molecule has 1 aromatic carbocycles. The van der Waals surface area contributed by atoms with Crippen molar-refractivity contribution in [3.63, 3.8) is 0 Å². The van der Waals surface area contributed by atoms with E-state index in [1.54, 1.807) is 19.1 Å². The fourth-order valence-corrected chi connectivity index (χ4v) is 4.29. The van der Waals surface area contributed by atoms with Crippen molar-refractivity contribution in [3.8, 4) is 0 Å². The molecule has 1 aliphatic heterocycles. The van der Waals surface area contributed by atoms with Crippen LogP contribution in [0, 0.1) is 6.92 Å². The molecule has 0 aliphatic carbocycles. The molecule has 1 saturated heterocycles. The summed E-state index contributed by atoms with van der Waals surface area (Å²) in [5.74, 6) is 0. The molecule has 1 unspecified atom stereocenters. The molecule has 0 amide bonds. The average molecular weight is 334 g/mol. The van der Waals surface area contributed by atoms with Gasteiger partial charge in [0.1, 0.15) is 4.90 Å². The smallest absolute Gasteiger partial charge is 0.242 e. The highest BCUT2D eigenvalue weighted by Gasteiger charge is 2.28. The summed E-state index contributed by atoms with van der Waals surface area (Å²) in [6.45, 7) is 5.77. The van der Waals surface area contributed by atoms with Crippen molar-refractivity contribution < 1.29 is 8.42 Å². The van der Waals surface area contributed by atoms with Crippen LogP contribution in [0.4, 0.5) is 5.69 Å². The number of sulfonamides is 1. The first-order valence-electron chi connectivity index (χ1n) is 7.85. The van der Waals surface area contributed by atoms with E-state index in [2.05, 4.69) is 14.7 Å². The minimum atomic E-state index is -3.47. The Balaban J connectivity index is 1.86. The lowest BCUT2D eigenvalue weighted by molar-refractivity contribution is 0.494. The second kappa shape index (κ2) is 6.33. The zero-order valence-corrected chi connectivity index (χ0v) is 14.3. The van der Waals surface area contributed by atoms with Gasteiger partial charge in [0.05, 0.1) is 17.9 Å². The maximum Gasteiger partial charge on any atom is 0.242 e. The Bertz CT molecular complexity index is 785. The zero-order valence-electron chi connectivity index (χ0n) is 13.4. The van der Waals surface area contributed by atoms with E-state index < -0.39 is 10.0 Å². The highest BCUT2D eigenvalue weighted by Crippen LogP contribution is 2.31. The number of hydrogen-bond donors (Lipinski definition) is 1. The van der Waals surface area contributed by atoms with E-state index in [0.29, 0.717) is 11.4 Å². The van der Waals surface area contributed by atoms with Gasteiger partial charge in [-0.25, -0.2) is 13.1 Å². The Labute approximate surface area is 137 Å². The lowest BCUT2D eigenvalue weighted by Crippen LogP contribution is -2.28. The van der Waals surface area contributed by atoms with Gasteiger partial charge in [-0.1, -0.05) is 19.1 Å². The van der Waals surface area contributed by atoms with Gasteiger partial charge in [-0.3, -0.25) is 4.68 Å². The lowest BCUT2D eigenvalue weighted by atomic mass is 10.3. The van der Waals surface area contributed by atoms with Crippen LogP contribution in [0.1, 0.15) is 24.9 Å². The molecule has 1 N–H and O–H groups in total. The van der Waals surface area contributed by atoms with Gasteiger partial charge in [-0.15, -0.1) is 0 Å². The van der Waals surface area contributed by atoms with Gasteiger partial charge in [-0.05, 0) is 31.0 Å². The van der Waals surface area contributed by atoms with Crippen molar-refractivity contribution in [3.05, 3.63) is 42.2 Å². The van der Waals surface area contributed by atoms with Crippen molar-refractivity contribution in [1.82, 2.24) is 14.5 Å². The van der Waals surface area contributed by atoms with E-state index in [9.17, 15) is 8.42 Å². The first kappa shape index (κ1) is 16.0. The van der Waals surface area contributed by atoms with E-state index in [1.165, 1.54) is 0 Å². The molecule has 1 fully saturated rings. The van der Waals surface area contributed by atoms with E-state index in [1.807, 2.05) is 36.1 Å². The molecule has 7 heteroatoms. The number of benzene rings is 1. The Hall–Kier alpha value is -1.86. The van der Waals surface area contributed by atoms with Crippen molar-refractivity contribution in [2.45, 2.75) is 31.2 Å². The summed E-state index contributed by atoms with van der Waals surface area (Å²) in [7, 11) is -3.47. The summed E-state index contributed by atoms with van der Waals surface area (Å²) >= 11 is 0. The third-order valence-corrected chi connectivity index (χ3v) is 5.69. The SMILES string of the molecule is CCNS(=O)(=O)c1ccccc1N1CCC(n2cc(C)cn2)C1. The molecule has 0 spiro atoms. The van der Waals surface area contributed by atoms with Crippen LogP contribution in [0.3, 0.4) is 0 Å². The van der Waals surface area contributed by atoms with Gasteiger partial charge < -0.3 is 4.90 Å². The molecule has 0 radical (unpaired) electrons. The van der Waals surface area contributed by atoms with Gasteiger partial charge in [0, 0.05) is 25.8 Å². The van der Waals surface area contributed by atoms with Gasteiger partial charge in [0.15, 0.2) is 0 Å². The highest BCUT2D eigenvalue weighted by molar-refractivity contribution is 7.89. The van der Waals surface area contributed by atoms with Crippen LogP contribution in [0.5, 0.6) is 0 Å². The number of nitrogens with zero attached hydrogens (tertiary/aromatic N) is 3. The van der Waals surface area contributed by atoms with Crippen molar-refractivity contribution in [1.29, 1.82) is 0 Å². The van der Waals surface area contributed by atoms with Crippen LogP contribution in [-0.2, 0) is 10.0 Å². The molecule has 3 rings (SSSR count). The fourth-order valence-electron chi connectivity index (χ4n) is 3.02. The van der Waals surface area contributed by atoms with Gasteiger partial charge in [0.2, 0.25) is 10.0 Å². The number of aryl methyl sites for hydroxylation is 1. The molecule has 1 atom stereocenters. The number of nitrogens with one attached hydrogen (secondary N) is 1. The van der Waals surface area contributed by atoms with E-state index in [4.69, 9.17) is 0 Å². The number of rotatable bonds is 5. The van der Waals surface area contributed by atoms with Crippen LogP contribution >= 0.6 is 0 Å². The normalized spacial score (nSPS) is 18.5. The molecular weight excluding hydrogens is 312 g/mol. The summed E-state index contributed by atoms with van der Waals surface area (Å²) < 4.78 is 29.4. The third kappa shape index (κ3) is 3.25. The highest BCUT2D eigenvalue weighted by atomic mass is 32.2. The van der Waals surface area contributed by atoms with Gasteiger partial charge in [0.25, 0.3) is 0 Å². The molecular formula is C16H22N4O2S. The lowest BCUT2D eigenvalue weighted by Gasteiger charge is -2.22. The predicted octanol–water partition coefficient (Wildman–Crippen LogP) is 1.94.